The average Bonchev–Trinajstić information content (AvgIpc) is 2.16. The molecule has 6 nitrogen and oxygen atoms in total. The van der Waals surface area contributed by atoms with Gasteiger partial charge in [-0.25, -0.2) is 0 Å². The highest BCUT2D eigenvalue weighted by molar-refractivity contribution is 8.06. The molecule has 0 saturated heterocycles. The fourth-order valence-corrected chi connectivity index (χ4v) is 0. The smallest absolute Gasteiger partial charge is 0.319 e. The van der Waals surface area contributed by atoms with Crippen LogP contribution >= 0.6 is 13.4 Å². The van der Waals surface area contributed by atoms with Gasteiger partial charge in [0.05, 0.1) is 0 Å². The van der Waals surface area contributed by atoms with Crippen LogP contribution in [0.15, 0.2) is 12.7 Å². The second kappa shape index (κ2) is 23.9. The predicted octanol–water partition coefficient (Wildman–Crippen LogP) is 2.40. The van der Waals surface area contributed by atoms with Crippen molar-refractivity contribution in [3.05, 3.63) is 12.7 Å². The first kappa shape index (κ1) is 31.9. The Morgan fingerprint density at radius 1 is 0.842 bits per heavy atom. The normalized spacial score (nSPS) is 8.79. The van der Waals surface area contributed by atoms with Gasteiger partial charge in [0, 0.05) is 0 Å². The molecule has 0 fully saturated rings. The van der Waals surface area contributed by atoms with Crippen molar-refractivity contribution in [1.29, 1.82) is 0 Å². The van der Waals surface area contributed by atoms with Crippen LogP contribution in [-0.2, 0) is 23.6 Å². The Balaban J connectivity index is -0.0000000446. The Morgan fingerprint density at radius 3 is 0.895 bits per heavy atom. The van der Waals surface area contributed by atoms with Crippen LogP contribution in [0.5, 0.6) is 0 Å². The molecule has 0 aliphatic carbocycles. The van der Waals surface area contributed by atoms with E-state index < -0.39 is 13.4 Å². The topological polar surface area (TPSA) is 121 Å². The Hall–Kier alpha value is 0.800. The summed E-state index contributed by atoms with van der Waals surface area (Å²) in [5, 5.41) is 0. The summed E-state index contributed by atoms with van der Waals surface area (Å²) in [6.07, 6.45) is 4.21. The molecule has 0 spiro atoms. The molecular weight excluding hydrogens is 330 g/mol. The largest absolute Gasteiger partial charge is 0.325 e. The summed E-state index contributed by atoms with van der Waals surface area (Å²) in [5.41, 5.74) is 0. The molecule has 0 aromatic carbocycles. The van der Waals surface area contributed by atoms with Crippen LogP contribution in [0.25, 0.3) is 0 Å². The molecule has 0 rings (SSSR count). The van der Waals surface area contributed by atoms with E-state index in [1.54, 1.807) is 0 Å². The summed E-state index contributed by atoms with van der Waals surface area (Å²) in [5.74, 6) is 0. The molecule has 0 aromatic heterocycles. The molecule has 19 heavy (non-hydrogen) atoms. The SMILES string of the molecule is C=CCC.CC.CCC.OP(O)(O)=S.OP(O)(O)=S. The Kier molecular flexibility index (Phi) is 40.1. The third-order valence-corrected chi connectivity index (χ3v) is 0.289. The maximum absolute atomic E-state index is 7.56. The molecule has 0 saturated carbocycles. The van der Waals surface area contributed by atoms with E-state index in [4.69, 9.17) is 29.4 Å². The number of rotatable bonds is 1. The van der Waals surface area contributed by atoms with E-state index in [0.717, 1.165) is 6.42 Å². The summed E-state index contributed by atoms with van der Waals surface area (Å²) in [4.78, 5) is 45.3. The first-order valence-electron chi connectivity index (χ1n) is 5.50. The molecule has 0 bridgehead atoms. The van der Waals surface area contributed by atoms with Crippen molar-refractivity contribution >= 4 is 37.1 Å². The zero-order valence-corrected chi connectivity index (χ0v) is 15.5. The number of hydrogen-bond acceptors (Lipinski definition) is 2. The fraction of sp³-hybridized carbons (Fsp3) is 0.778. The number of allylic oxidation sites excluding steroid dienone is 1. The lowest BCUT2D eigenvalue weighted by atomic mass is 10.5. The lowest BCUT2D eigenvalue weighted by molar-refractivity contribution is 0.361. The lowest BCUT2D eigenvalue weighted by Crippen LogP contribution is -1.65. The van der Waals surface area contributed by atoms with Crippen LogP contribution in [0.4, 0.5) is 0 Å². The van der Waals surface area contributed by atoms with E-state index in [1.165, 1.54) is 6.42 Å². The first-order chi connectivity index (χ1) is 8.33. The van der Waals surface area contributed by atoms with Gasteiger partial charge in [-0.15, -0.1) is 6.58 Å². The molecule has 0 atom stereocenters. The first-order valence-corrected chi connectivity index (χ1v) is 10.8. The third kappa shape index (κ3) is 1640. The van der Waals surface area contributed by atoms with E-state index in [-0.39, 0.29) is 0 Å². The van der Waals surface area contributed by atoms with E-state index in [2.05, 4.69) is 51.0 Å². The van der Waals surface area contributed by atoms with E-state index in [9.17, 15) is 0 Å². The van der Waals surface area contributed by atoms with Crippen LogP contribution in [-0.4, -0.2) is 29.4 Å². The second-order valence-corrected chi connectivity index (χ2v) is 7.42. The highest BCUT2D eigenvalue weighted by atomic mass is 32.5. The van der Waals surface area contributed by atoms with E-state index >= 15 is 0 Å². The summed E-state index contributed by atoms with van der Waals surface area (Å²) in [6, 6.07) is 0. The molecule has 0 aliphatic rings. The van der Waals surface area contributed by atoms with Gasteiger partial charge < -0.3 is 29.4 Å². The lowest BCUT2D eigenvalue weighted by Gasteiger charge is -1.88. The molecular formula is C9H28O6P2S2. The maximum Gasteiger partial charge on any atom is 0.319 e. The van der Waals surface area contributed by atoms with Crippen molar-refractivity contribution in [1.82, 2.24) is 0 Å². The van der Waals surface area contributed by atoms with E-state index in [1.807, 2.05) is 19.9 Å². The van der Waals surface area contributed by atoms with Crippen molar-refractivity contribution in [2.24, 2.45) is 0 Å². The zero-order valence-electron chi connectivity index (χ0n) is 12.1. The van der Waals surface area contributed by atoms with Crippen LogP contribution in [0, 0.1) is 0 Å². The van der Waals surface area contributed by atoms with Crippen LogP contribution in [0.1, 0.15) is 47.5 Å². The number of hydrogen-bond donors (Lipinski definition) is 6. The van der Waals surface area contributed by atoms with Crippen molar-refractivity contribution in [2.75, 3.05) is 0 Å². The quantitative estimate of drug-likeness (QED) is 0.312. The average molecular weight is 358 g/mol. The Labute approximate surface area is 127 Å². The molecule has 0 amide bonds. The van der Waals surface area contributed by atoms with Crippen molar-refractivity contribution < 1.29 is 29.4 Å². The van der Waals surface area contributed by atoms with Gasteiger partial charge >= 0.3 is 13.4 Å². The minimum atomic E-state index is -3.81. The molecule has 0 radical (unpaired) electrons. The molecule has 0 unspecified atom stereocenters. The third-order valence-electron chi connectivity index (χ3n) is 0.289. The molecule has 122 valence electrons. The Bertz CT molecular complexity index is 202. The highest BCUT2D eigenvalue weighted by Crippen LogP contribution is 2.26. The van der Waals surface area contributed by atoms with E-state index in [0.29, 0.717) is 0 Å². The summed E-state index contributed by atoms with van der Waals surface area (Å²) in [6.45, 7) is 6.18. The minimum absolute atomic E-state index is 1.08. The van der Waals surface area contributed by atoms with Crippen LogP contribution < -0.4 is 0 Å². The van der Waals surface area contributed by atoms with Gasteiger partial charge in [0.1, 0.15) is 0 Å². The van der Waals surface area contributed by atoms with Gasteiger partial charge in [-0.3, -0.25) is 0 Å². The highest BCUT2D eigenvalue weighted by Gasteiger charge is 1.92. The maximum atomic E-state index is 7.56. The van der Waals surface area contributed by atoms with Crippen molar-refractivity contribution in [2.45, 2.75) is 47.5 Å². The second-order valence-electron chi connectivity index (χ2n) is 2.43. The predicted molar refractivity (Wildman–Crippen MR) is 89.7 cm³/mol. The molecule has 10 heteroatoms. The summed E-state index contributed by atoms with van der Waals surface area (Å²) < 4.78 is 0. The molecule has 0 aliphatic heterocycles. The van der Waals surface area contributed by atoms with Crippen molar-refractivity contribution in [3.63, 3.8) is 0 Å². The fourth-order valence-electron chi connectivity index (χ4n) is 0. The monoisotopic (exact) mass is 358 g/mol. The molecule has 6 N–H and O–H groups in total. The van der Waals surface area contributed by atoms with Gasteiger partial charge in [-0.1, -0.05) is 47.1 Å². The summed E-state index contributed by atoms with van der Waals surface area (Å²) in [7, 11) is 0. The standard InChI is InChI=1S/C4H8.C3H8.C2H6.2H3O3PS/c1-3-4-2;1-3-2;1-2;2*1-4(2,3)5/h3H,1,4H2,2H3;3H2,1-2H3;1-2H3;2*(H3,1,2,3,5). The van der Waals surface area contributed by atoms with Gasteiger partial charge in [0.2, 0.25) is 0 Å². The Morgan fingerprint density at radius 2 is 0.895 bits per heavy atom. The molecule has 0 aromatic rings. The van der Waals surface area contributed by atoms with Crippen LogP contribution in [0.3, 0.4) is 0 Å². The van der Waals surface area contributed by atoms with Gasteiger partial charge in [-0.2, -0.15) is 0 Å². The van der Waals surface area contributed by atoms with Gasteiger partial charge in [0.25, 0.3) is 0 Å². The summed E-state index contributed by atoms with van der Waals surface area (Å²) >= 11 is 7.21. The van der Waals surface area contributed by atoms with Gasteiger partial charge in [-0.05, 0) is 30.0 Å². The molecule has 0 heterocycles. The van der Waals surface area contributed by atoms with Gasteiger partial charge in [0.15, 0.2) is 0 Å². The van der Waals surface area contributed by atoms with Crippen LogP contribution in [0.2, 0.25) is 0 Å². The minimum Gasteiger partial charge on any atom is -0.325 e. The zero-order chi connectivity index (χ0) is 17.1. The van der Waals surface area contributed by atoms with Crippen molar-refractivity contribution in [3.8, 4) is 0 Å².